The first kappa shape index (κ1) is 15.3. The fourth-order valence-corrected chi connectivity index (χ4v) is 4.08. The van der Waals surface area contributed by atoms with E-state index >= 15 is 0 Å². The molecule has 0 saturated heterocycles. The van der Waals surface area contributed by atoms with Gasteiger partial charge in [0.1, 0.15) is 17.4 Å². The number of fused-ring (bicyclic) bond motifs is 2. The van der Waals surface area contributed by atoms with Gasteiger partial charge in [-0.15, -0.1) is 5.79 Å². The molecule has 3 rings (SSSR count). The van der Waals surface area contributed by atoms with Crippen LogP contribution in [-0.2, 0) is 23.5 Å². The van der Waals surface area contributed by atoms with E-state index in [2.05, 4.69) is 48.5 Å². The van der Waals surface area contributed by atoms with Crippen molar-refractivity contribution in [3.8, 4) is 0 Å². The van der Waals surface area contributed by atoms with Gasteiger partial charge in [0.25, 0.3) is 0 Å². The Hall–Kier alpha value is 0.205. The van der Waals surface area contributed by atoms with Crippen molar-refractivity contribution >= 4 is 57.2 Å². The van der Waals surface area contributed by atoms with E-state index in [9.17, 15) is 0 Å². The van der Waals surface area contributed by atoms with Gasteiger partial charge in [-0.25, -0.2) is 0 Å². The summed E-state index contributed by atoms with van der Waals surface area (Å²) in [6.07, 6.45) is 0. The van der Waals surface area contributed by atoms with Gasteiger partial charge in [-0.2, -0.15) is 0 Å². The Morgan fingerprint density at radius 2 is 0.882 bits per heavy atom. The highest BCUT2D eigenvalue weighted by atomic mass is 32.2. The number of thiol groups is 2. The minimum absolute atomic E-state index is 0. The average Bonchev–Trinajstić information content (AvgIpc) is 2.38. The molecule has 2 radical (unpaired) electrons. The summed E-state index contributed by atoms with van der Waals surface area (Å²) in [7, 11) is 0. The molecule has 0 atom stereocenters. The molecule has 84 valence electrons. The Labute approximate surface area is 130 Å². The van der Waals surface area contributed by atoms with Crippen LogP contribution in [0.2, 0.25) is 5.79 Å². The van der Waals surface area contributed by atoms with Gasteiger partial charge in [-0.1, -0.05) is 24.3 Å². The third kappa shape index (κ3) is 3.58. The zero-order valence-electron chi connectivity index (χ0n) is 10.2. The van der Waals surface area contributed by atoms with Crippen LogP contribution < -0.4 is 0 Å². The van der Waals surface area contributed by atoms with Crippen LogP contribution in [0.25, 0.3) is 0 Å². The molecule has 0 bridgehead atoms. The van der Waals surface area contributed by atoms with Crippen molar-refractivity contribution in [3.63, 3.8) is 0 Å². The topological polar surface area (TPSA) is 0 Å². The van der Waals surface area contributed by atoms with Gasteiger partial charge in [0, 0.05) is 0 Å². The third-order valence-corrected chi connectivity index (χ3v) is 5.12. The lowest BCUT2D eigenvalue weighted by molar-refractivity contribution is 1.15. The van der Waals surface area contributed by atoms with E-state index in [0.717, 1.165) is 0 Å². The van der Waals surface area contributed by atoms with Crippen LogP contribution in [0.1, 0.15) is 0 Å². The number of rotatable bonds is 0. The largest absolute Gasteiger partial charge is 0.213 e. The summed E-state index contributed by atoms with van der Waals surface area (Å²) in [5, 5.41) is 0. The minimum atomic E-state index is 0. The van der Waals surface area contributed by atoms with E-state index in [1.54, 1.807) is 0 Å². The Kier molecular flexibility index (Phi) is 6.82. The van der Waals surface area contributed by atoms with Crippen molar-refractivity contribution in [2.45, 2.75) is 25.4 Å². The van der Waals surface area contributed by atoms with Crippen LogP contribution >= 0.6 is 0 Å². The van der Waals surface area contributed by atoms with Crippen molar-refractivity contribution in [3.05, 3.63) is 48.5 Å². The average molecular weight is 290 g/mol. The fourth-order valence-electron chi connectivity index (χ4n) is 1.57. The Morgan fingerprint density at radius 3 is 1.12 bits per heavy atom. The molecule has 1 aliphatic rings. The summed E-state index contributed by atoms with van der Waals surface area (Å²) >= 11 is 4.57. The first-order valence-electron chi connectivity index (χ1n) is 5.26. The smallest absolute Gasteiger partial charge is 0.119 e. The van der Waals surface area contributed by atoms with Crippen LogP contribution in [0, 0.1) is 0 Å². The van der Waals surface area contributed by atoms with E-state index in [1.165, 1.54) is 43.1 Å². The summed E-state index contributed by atoms with van der Waals surface area (Å²) in [5.41, 5.74) is 0. The van der Waals surface area contributed by atoms with Gasteiger partial charge < -0.3 is 0 Å². The van der Waals surface area contributed by atoms with Gasteiger partial charge in [0.2, 0.25) is 19.6 Å². The lowest BCUT2D eigenvalue weighted by Gasteiger charge is -2.02. The van der Waals surface area contributed by atoms with Gasteiger partial charge in [0.05, 0.1) is 23.5 Å². The second kappa shape index (κ2) is 7.60. The van der Waals surface area contributed by atoms with E-state index < -0.39 is 0 Å². The lowest BCUT2D eigenvalue weighted by atomic mass is 10.3. The maximum absolute atomic E-state index is 2.22. The Morgan fingerprint density at radius 1 is 0.647 bits per heavy atom. The van der Waals surface area contributed by atoms with Gasteiger partial charge in [0.15, 0.2) is 16.3 Å². The molecule has 4 heteroatoms. The molecule has 0 nitrogen and oxygen atoms in total. The molecule has 0 N–H and O–H groups in total. The highest BCUT2D eigenvalue weighted by Crippen LogP contribution is 2.30. The van der Waals surface area contributed by atoms with Crippen molar-refractivity contribution in [2.75, 3.05) is 0 Å². The molecule has 0 spiro atoms. The van der Waals surface area contributed by atoms with Crippen LogP contribution in [0.5, 0.6) is 0 Å². The quantitative estimate of drug-likeness (QED) is 0.334. The van der Waals surface area contributed by atoms with E-state index in [4.69, 9.17) is 0 Å². The lowest BCUT2D eigenvalue weighted by Crippen LogP contribution is -2.01. The number of hydrogen-bond donors (Lipinski definition) is 0. The highest BCUT2D eigenvalue weighted by molar-refractivity contribution is 7.84. The molecular formula is C13H16Al2S2+2. The SMILES string of the molecule is [AlH2].[CH3][AlH].c1ccc2c(c1)[SH+]c1ccccc1[SH+]2. The molecule has 0 saturated carbocycles. The molecule has 0 aliphatic carbocycles. The number of hydrogen-bond acceptors (Lipinski definition) is 0. The normalized spacial score (nSPS) is 11.1. The standard InChI is InChI=1S/C12H8S2.CH3.2Al.3H/c1-2-6-10-9(5-1)13-11-7-3-4-8-12(11)14-10;;;;;;/h1-8H;1H3;;;;;/p+2. The first-order chi connectivity index (χ1) is 7.93. The molecular weight excluding hydrogens is 274 g/mol. The first-order valence-corrected chi connectivity index (χ1v) is 8.46. The number of benzene rings is 2. The van der Waals surface area contributed by atoms with Gasteiger partial charge >= 0.3 is 0 Å². The van der Waals surface area contributed by atoms with E-state index in [-0.39, 0.29) is 17.4 Å². The molecule has 2 aromatic rings. The van der Waals surface area contributed by atoms with Crippen LogP contribution in [0.4, 0.5) is 0 Å². The predicted molar refractivity (Wildman–Crippen MR) is 85.0 cm³/mol. The second-order valence-corrected chi connectivity index (χ2v) is 5.58. The minimum Gasteiger partial charge on any atom is -0.119 e. The molecule has 0 amide bonds. The van der Waals surface area contributed by atoms with Crippen molar-refractivity contribution in [1.29, 1.82) is 0 Å². The van der Waals surface area contributed by atoms with Crippen LogP contribution in [0.15, 0.2) is 68.1 Å². The second-order valence-electron chi connectivity index (χ2n) is 3.20. The van der Waals surface area contributed by atoms with Crippen molar-refractivity contribution in [1.82, 2.24) is 0 Å². The Bertz CT molecular complexity index is 399. The summed E-state index contributed by atoms with van der Waals surface area (Å²) in [6, 6.07) is 17.4. The molecule has 17 heavy (non-hydrogen) atoms. The summed E-state index contributed by atoms with van der Waals surface area (Å²) < 4.78 is 0. The molecule has 1 heterocycles. The van der Waals surface area contributed by atoms with Crippen molar-refractivity contribution < 1.29 is 0 Å². The molecule has 0 fully saturated rings. The monoisotopic (exact) mass is 290 g/mol. The van der Waals surface area contributed by atoms with Gasteiger partial charge in [-0.05, 0) is 24.3 Å². The van der Waals surface area contributed by atoms with E-state index in [1.807, 2.05) is 22.1 Å². The fraction of sp³-hybridized carbons (Fsp3) is 0.0769. The van der Waals surface area contributed by atoms with Crippen LogP contribution in [-0.4, -0.2) is 33.7 Å². The maximum atomic E-state index is 2.22. The third-order valence-electron chi connectivity index (χ3n) is 2.25. The predicted octanol–water partition coefficient (Wildman–Crippen LogP) is 1.48. The molecule has 2 aromatic carbocycles. The summed E-state index contributed by atoms with van der Waals surface area (Å²) in [5.74, 6) is 2.03. The molecule has 0 unspecified atom stereocenters. The summed E-state index contributed by atoms with van der Waals surface area (Å²) in [6.45, 7) is 0. The van der Waals surface area contributed by atoms with E-state index in [0.29, 0.717) is 0 Å². The van der Waals surface area contributed by atoms with Crippen LogP contribution in [0.3, 0.4) is 0 Å². The Balaban J connectivity index is 0.000000459. The molecule has 0 aromatic heterocycles. The highest BCUT2D eigenvalue weighted by Gasteiger charge is 2.29. The zero-order valence-corrected chi connectivity index (χ0v) is 15.4. The van der Waals surface area contributed by atoms with Gasteiger partial charge in [-0.3, -0.25) is 0 Å². The zero-order chi connectivity index (χ0) is 11.4. The maximum Gasteiger partial charge on any atom is 0.213 e. The molecule has 1 aliphatic heterocycles. The summed E-state index contributed by atoms with van der Waals surface area (Å²) in [4.78, 5) is 5.81. The van der Waals surface area contributed by atoms with Crippen molar-refractivity contribution in [2.24, 2.45) is 0 Å².